The molecule has 0 fully saturated rings. The molecule has 0 saturated carbocycles. The van der Waals surface area contributed by atoms with Crippen LogP contribution in [-0.4, -0.2) is 19.8 Å². The first-order valence-electron chi connectivity index (χ1n) is 4.94. The largest absolute Gasteiger partial charge is 0.364 e. The Balaban J connectivity index is 2.24. The third kappa shape index (κ3) is 1.59. The van der Waals surface area contributed by atoms with Crippen LogP contribution in [0.25, 0.3) is 16.9 Å². The summed E-state index contributed by atoms with van der Waals surface area (Å²) in [4.78, 5) is 11.3. The van der Waals surface area contributed by atoms with Crippen molar-refractivity contribution in [3.63, 3.8) is 0 Å². The fraction of sp³-hybridized carbons (Fsp3) is 0. The zero-order valence-electron chi connectivity index (χ0n) is 8.59. The van der Waals surface area contributed by atoms with Crippen LogP contribution in [0.4, 0.5) is 4.39 Å². The maximum absolute atomic E-state index is 13.1. The Labute approximate surface area is 94.5 Å². The second kappa shape index (κ2) is 3.51. The molecule has 84 valence electrons. The number of halogens is 1. The second-order valence-electron chi connectivity index (χ2n) is 3.53. The first kappa shape index (κ1) is 9.71. The van der Waals surface area contributed by atoms with Crippen LogP contribution in [0.5, 0.6) is 0 Å². The summed E-state index contributed by atoms with van der Waals surface area (Å²) in [7, 11) is 0. The van der Waals surface area contributed by atoms with E-state index in [2.05, 4.69) is 15.3 Å². The van der Waals surface area contributed by atoms with Gasteiger partial charge in [-0.2, -0.15) is 14.7 Å². The Hall–Kier alpha value is -2.50. The second-order valence-corrected chi connectivity index (χ2v) is 3.53. The molecule has 2 heterocycles. The van der Waals surface area contributed by atoms with Gasteiger partial charge in [-0.15, -0.1) is 0 Å². The van der Waals surface area contributed by atoms with Gasteiger partial charge in [0, 0.05) is 5.56 Å². The fourth-order valence-electron chi connectivity index (χ4n) is 1.60. The number of H-pyrrole nitrogens is 1. The molecule has 0 aliphatic carbocycles. The number of nitrogens with one attached hydrogen (secondary N) is 1. The predicted octanol–water partition coefficient (Wildman–Crippen LogP) is 1.22. The van der Waals surface area contributed by atoms with Gasteiger partial charge in [-0.3, -0.25) is 0 Å². The van der Waals surface area contributed by atoms with Crippen molar-refractivity contribution in [2.75, 3.05) is 0 Å². The molecule has 1 aromatic carbocycles. The van der Waals surface area contributed by atoms with Crippen LogP contribution >= 0.6 is 0 Å². The number of fused-ring (bicyclic) bond motifs is 1. The molecule has 0 aliphatic rings. The fourth-order valence-corrected chi connectivity index (χ4v) is 1.60. The minimum Gasteiger partial charge on any atom is -0.244 e. The molecule has 0 radical (unpaired) electrons. The van der Waals surface area contributed by atoms with Crippen LogP contribution in [0, 0.1) is 5.82 Å². The molecule has 2 aromatic heterocycles. The molecule has 5 nitrogen and oxygen atoms in total. The van der Waals surface area contributed by atoms with Gasteiger partial charge in [-0.1, -0.05) is 12.1 Å². The van der Waals surface area contributed by atoms with Gasteiger partial charge in [0.1, 0.15) is 5.82 Å². The summed E-state index contributed by atoms with van der Waals surface area (Å²) in [5, 5.41) is 10.1. The highest BCUT2D eigenvalue weighted by molar-refractivity contribution is 5.59. The van der Waals surface area contributed by atoms with Crippen LogP contribution < -0.4 is 5.69 Å². The number of rotatable bonds is 1. The number of benzene rings is 1. The summed E-state index contributed by atoms with van der Waals surface area (Å²) in [5.41, 5.74) is 1.13. The van der Waals surface area contributed by atoms with Gasteiger partial charge in [0.2, 0.25) is 0 Å². The smallest absolute Gasteiger partial charge is 0.244 e. The lowest BCUT2D eigenvalue weighted by Gasteiger charge is -2.00. The van der Waals surface area contributed by atoms with E-state index in [-0.39, 0.29) is 5.82 Å². The maximum atomic E-state index is 13.1. The van der Waals surface area contributed by atoms with Crippen molar-refractivity contribution < 1.29 is 4.39 Å². The van der Waals surface area contributed by atoms with E-state index < -0.39 is 5.69 Å². The standard InChI is InChI=1S/C11H7FN4O/c12-8-3-1-2-7(6-8)9-4-5-10-13-14-11(17)16(10)15-9/h1-6H,(H,14,17). The summed E-state index contributed by atoms with van der Waals surface area (Å²) in [5.74, 6) is -0.344. The highest BCUT2D eigenvalue weighted by Gasteiger charge is 2.05. The monoisotopic (exact) mass is 230 g/mol. The lowest BCUT2D eigenvalue weighted by atomic mass is 10.1. The minimum absolute atomic E-state index is 0.344. The van der Waals surface area contributed by atoms with Gasteiger partial charge < -0.3 is 0 Å². The van der Waals surface area contributed by atoms with Crippen LogP contribution in [-0.2, 0) is 0 Å². The predicted molar refractivity (Wildman–Crippen MR) is 59.0 cm³/mol. The van der Waals surface area contributed by atoms with Gasteiger partial charge in [0.15, 0.2) is 5.65 Å². The Kier molecular flexibility index (Phi) is 2.01. The molecular weight excluding hydrogens is 223 g/mol. The zero-order chi connectivity index (χ0) is 11.8. The van der Waals surface area contributed by atoms with E-state index in [0.29, 0.717) is 16.9 Å². The van der Waals surface area contributed by atoms with Gasteiger partial charge in [0.25, 0.3) is 0 Å². The molecule has 0 spiro atoms. The Morgan fingerprint density at radius 3 is 2.94 bits per heavy atom. The third-order valence-corrected chi connectivity index (χ3v) is 2.39. The van der Waals surface area contributed by atoms with Crippen molar-refractivity contribution in [3.05, 3.63) is 52.7 Å². The topological polar surface area (TPSA) is 63.0 Å². The van der Waals surface area contributed by atoms with E-state index >= 15 is 0 Å². The van der Waals surface area contributed by atoms with Crippen molar-refractivity contribution in [3.8, 4) is 11.3 Å². The number of hydrogen-bond donors (Lipinski definition) is 1. The number of nitrogens with zero attached hydrogens (tertiary/aromatic N) is 3. The summed E-state index contributed by atoms with van der Waals surface area (Å²) in [6, 6.07) is 9.36. The van der Waals surface area contributed by atoms with Gasteiger partial charge in [-0.25, -0.2) is 14.3 Å². The molecule has 17 heavy (non-hydrogen) atoms. The van der Waals surface area contributed by atoms with Gasteiger partial charge in [0.05, 0.1) is 5.69 Å². The van der Waals surface area contributed by atoms with Crippen LogP contribution in [0.3, 0.4) is 0 Å². The Bertz CT molecular complexity index is 746. The maximum Gasteiger partial charge on any atom is 0.364 e. The normalized spacial score (nSPS) is 10.9. The first-order valence-corrected chi connectivity index (χ1v) is 4.94. The average molecular weight is 230 g/mol. The van der Waals surface area contributed by atoms with Crippen molar-refractivity contribution in [2.45, 2.75) is 0 Å². The van der Waals surface area contributed by atoms with E-state index in [1.807, 2.05) is 0 Å². The summed E-state index contributed by atoms with van der Waals surface area (Å²) >= 11 is 0. The highest BCUT2D eigenvalue weighted by Crippen LogP contribution is 2.17. The molecule has 1 N–H and O–H groups in total. The van der Waals surface area contributed by atoms with Crippen LogP contribution in [0.2, 0.25) is 0 Å². The number of hydrogen-bond acceptors (Lipinski definition) is 3. The molecule has 0 saturated heterocycles. The van der Waals surface area contributed by atoms with Crippen LogP contribution in [0.1, 0.15) is 0 Å². The van der Waals surface area contributed by atoms with E-state index in [1.54, 1.807) is 24.3 Å². The minimum atomic E-state index is -0.418. The van der Waals surface area contributed by atoms with Crippen molar-refractivity contribution in [1.29, 1.82) is 0 Å². The summed E-state index contributed by atoms with van der Waals surface area (Å²) < 4.78 is 14.2. The first-order chi connectivity index (χ1) is 8.24. The van der Waals surface area contributed by atoms with Crippen molar-refractivity contribution in [2.24, 2.45) is 0 Å². The lowest BCUT2D eigenvalue weighted by molar-refractivity contribution is 0.628. The summed E-state index contributed by atoms with van der Waals surface area (Å²) in [6.07, 6.45) is 0. The lowest BCUT2D eigenvalue weighted by Crippen LogP contribution is -2.12. The quantitative estimate of drug-likeness (QED) is 0.683. The Morgan fingerprint density at radius 1 is 1.24 bits per heavy atom. The van der Waals surface area contributed by atoms with Crippen molar-refractivity contribution >= 4 is 5.65 Å². The molecule has 6 heteroatoms. The zero-order valence-corrected chi connectivity index (χ0v) is 8.59. The molecule has 0 bridgehead atoms. The van der Waals surface area contributed by atoms with Crippen LogP contribution in [0.15, 0.2) is 41.2 Å². The van der Waals surface area contributed by atoms with Crippen molar-refractivity contribution in [1.82, 2.24) is 19.8 Å². The van der Waals surface area contributed by atoms with E-state index in [1.165, 1.54) is 12.1 Å². The molecule has 0 amide bonds. The molecule has 3 aromatic rings. The SMILES string of the molecule is O=c1[nH]nc2ccc(-c3cccc(F)c3)nn12. The average Bonchev–Trinajstić information content (AvgIpc) is 2.71. The number of aromatic amines is 1. The summed E-state index contributed by atoms with van der Waals surface area (Å²) in [6.45, 7) is 0. The third-order valence-electron chi connectivity index (χ3n) is 2.39. The molecular formula is C11H7FN4O. The molecule has 0 unspecified atom stereocenters. The van der Waals surface area contributed by atoms with E-state index in [4.69, 9.17) is 0 Å². The van der Waals surface area contributed by atoms with Gasteiger partial charge in [-0.05, 0) is 24.3 Å². The van der Waals surface area contributed by atoms with E-state index in [0.717, 1.165) is 4.52 Å². The van der Waals surface area contributed by atoms with E-state index in [9.17, 15) is 9.18 Å². The molecule has 3 rings (SSSR count). The Morgan fingerprint density at radius 2 is 2.12 bits per heavy atom. The molecule has 0 aliphatic heterocycles. The number of aromatic nitrogens is 4. The molecule has 0 atom stereocenters. The highest BCUT2D eigenvalue weighted by atomic mass is 19.1. The van der Waals surface area contributed by atoms with Gasteiger partial charge >= 0.3 is 5.69 Å².